The van der Waals surface area contributed by atoms with Crippen LogP contribution in [-0.4, -0.2) is 37.2 Å². The number of hydrogen-bond acceptors (Lipinski definition) is 5. The lowest BCUT2D eigenvalue weighted by atomic mass is 10.2. The molecule has 1 unspecified atom stereocenters. The Morgan fingerprint density at radius 1 is 1.45 bits per heavy atom. The second-order valence-electron chi connectivity index (χ2n) is 5.33. The molecule has 1 heterocycles. The highest BCUT2D eigenvalue weighted by Gasteiger charge is 2.23. The summed E-state index contributed by atoms with van der Waals surface area (Å²) in [5.74, 6) is 0.553. The standard InChI is InChI=1S/C14H21N3O3/c1-10(2)20-14-7-12(6-13(8-14)17(18)19)16-5-4-11(9-16)15-3/h6-8,10-11,15H,4-5,9H2,1-3H3. The molecule has 1 fully saturated rings. The predicted octanol–water partition coefficient (Wildman–Crippen LogP) is 2.18. The lowest BCUT2D eigenvalue weighted by molar-refractivity contribution is -0.384. The maximum Gasteiger partial charge on any atom is 0.275 e. The Morgan fingerprint density at radius 3 is 2.75 bits per heavy atom. The number of nitrogens with one attached hydrogen (secondary N) is 1. The van der Waals surface area contributed by atoms with Gasteiger partial charge in [0.1, 0.15) is 5.75 Å². The van der Waals surface area contributed by atoms with Crippen molar-refractivity contribution in [1.29, 1.82) is 0 Å². The molecule has 0 amide bonds. The lowest BCUT2D eigenvalue weighted by Gasteiger charge is -2.20. The first-order valence-electron chi connectivity index (χ1n) is 6.88. The predicted molar refractivity (Wildman–Crippen MR) is 78.5 cm³/mol. The van der Waals surface area contributed by atoms with Crippen LogP contribution < -0.4 is 15.0 Å². The quantitative estimate of drug-likeness (QED) is 0.661. The largest absolute Gasteiger partial charge is 0.491 e. The van der Waals surface area contributed by atoms with E-state index < -0.39 is 0 Å². The van der Waals surface area contributed by atoms with E-state index in [4.69, 9.17) is 4.74 Å². The highest BCUT2D eigenvalue weighted by molar-refractivity contribution is 5.58. The molecule has 0 spiro atoms. The first kappa shape index (κ1) is 14.6. The van der Waals surface area contributed by atoms with Crippen molar-refractivity contribution in [2.45, 2.75) is 32.4 Å². The second-order valence-corrected chi connectivity index (χ2v) is 5.33. The number of rotatable bonds is 5. The molecular formula is C14H21N3O3. The molecule has 1 saturated heterocycles. The Labute approximate surface area is 118 Å². The van der Waals surface area contributed by atoms with Crippen LogP contribution in [0, 0.1) is 10.1 Å². The Morgan fingerprint density at radius 2 is 2.20 bits per heavy atom. The van der Waals surface area contributed by atoms with E-state index in [0.29, 0.717) is 11.8 Å². The van der Waals surface area contributed by atoms with Crippen molar-refractivity contribution in [3.63, 3.8) is 0 Å². The number of non-ortho nitro benzene ring substituents is 1. The summed E-state index contributed by atoms with van der Waals surface area (Å²) in [5.41, 5.74) is 0.929. The van der Waals surface area contributed by atoms with Crippen LogP contribution in [0.3, 0.4) is 0 Å². The maximum absolute atomic E-state index is 11.0. The molecule has 20 heavy (non-hydrogen) atoms. The van der Waals surface area contributed by atoms with Crippen molar-refractivity contribution in [3.05, 3.63) is 28.3 Å². The molecule has 1 aliphatic heterocycles. The summed E-state index contributed by atoms with van der Waals surface area (Å²) >= 11 is 0. The number of likely N-dealkylation sites (N-methyl/N-ethyl adjacent to an activating group) is 1. The van der Waals surface area contributed by atoms with Crippen molar-refractivity contribution in [2.24, 2.45) is 0 Å². The Balaban J connectivity index is 2.27. The van der Waals surface area contributed by atoms with Crippen LogP contribution in [0.5, 0.6) is 5.75 Å². The van der Waals surface area contributed by atoms with Gasteiger partial charge in [0.05, 0.1) is 17.1 Å². The summed E-state index contributed by atoms with van der Waals surface area (Å²) in [6, 6.07) is 5.41. The van der Waals surface area contributed by atoms with E-state index in [-0.39, 0.29) is 16.7 Å². The molecule has 6 heteroatoms. The minimum atomic E-state index is -0.373. The van der Waals surface area contributed by atoms with Gasteiger partial charge in [-0.15, -0.1) is 0 Å². The zero-order valence-electron chi connectivity index (χ0n) is 12.1. The van der Waals surface area contributed by atoms with Gasteiger partial charge in [0.15, 0.2) is 0 Å². The molecule has 0 aromatic heterocycles. The number of anilines is 1. The van der Waals surface area contributed by atoms with Crippen LogP contribution >= 0.6 is 0 Å². The molecule has 1 N–H and O–H groups in total. The van der Waals surface area contributed by atoms with Crippen LogP contribution in [0.4, 0.5) is 11.4 Å². The van der Waals surface area contributed by atoms with E-state index in [1.54, 1.807) is 6.07 Å². The van der Waals surface area contributed by atoms with Gasteiger partial charge in [-0.25, -0.2) is 0 Å². The Hall–Kier alpha value is -1.82. The third-order valence-corrected chi connectivity index (χ3v) is 3.42. The second kappa shape index (κ2) is 6.09. The number of hydrogen-bond donors (Lipinski definition) is 1. The van der Waals surface area contributed by atoms with E-state index in [1.165, 1.54) is 6.07 Å². The van der Waals surface area contributed by atoms with Crippen molar-refractivity contribution < 1.29 is 9.66 Å². The third-order valence-electron chi connectivity index (χ3n) is 3.42. The van der Waals surface area contributed by atoms with Gasteiger partial charge in [-0.1, -0.05) is 0 Å². The molecule has 1 aliphatic rings. The molecular weight excluding hydrogens is 258 g/mol. The highest BCUT2D eigenvalue weighted by Crippen LogP contribution is 2.31. The van der Waals surface area contributed by atoms with Gasteiger partial charge in [-0.3, -0.25) is 10.1 Å². The summed E-state index contributed by atoms with van der Waals surface area (Å²) in [4.78, 5) is 12.8. The van der Waals surface area contributed by atoms with E-state index in [1.807, 2.05) is 27.0 Å². The van der Waals surface area contributed by atoms with Crippen LogP contribution in [-0.2, 0) is 0 Å². The molecule has 1 aromatic rings. The van der Waals surface area contributed by atoms with Gasteiger partial charge in [0, 0.05) is 37.0 Å². The highest BCUT2D eigenvalue weighted by atomic mass is 16.6. The van der Waals surface area contributed by atoms with Gasteiger partial charge in [0.25, 0.3) is 5.69 Å². The minimum Gasteiger partial charge on any atom is -0.491 e. The first-order chi connectivity index (χ1) is 9.49. The maximum atomic E-state index is 11.0. The molecule has 0 saturated carbocycles. The average molecular weight is 279 g/mol. The van der Waals surface area contributed by atoms with Crippen molar-refractivity contribution >= 4 is 11.4 Å². The molecule has 6 nitrogen and oxygen atoms in total. The molecule has 1 atom stereocenters. The first-order valence-corrected chi connectivity index (χ1v) is 6.88. The normalized spacial score (nSPS) is 18.6. The molecule has 0 radical (unpaired) electrons. The molecule has 1 aromatic carbocycles. The summed E-state index contributed by atoms with van der Waals surface area (Å²) in [6.45, 7) is 5.57. The average Bonchev–Trinajstić information content (AvgIpc) is 2.86. The van der Waals surface area contributed by atoms with Crippen LogP contribution in [0.1, 0.15) is 20.3 Å². The molecule has 110 valence electrons. The van der Waals surface area contributed by atoms with Crippen molar-refractivity contribution in [1.82, 2.24) is 5.32 Å². The van der Waals surface area contributed by atoms with Gasteiger partial charge >= 0.3 is 0 Å². The van der Waals surface area contributed by atoms with Gasteiger partial charge in [-0.2, -0.15) is 0 Å². The minimum absolute atomic E-state index is 0.00603. The Kier molecular flexibility index (Phi) is 4.44. The number of nitro benzene ring substituents is 1. The van der Waals surface area contributed by atoms with Crippen molar-refractivity contribution in [2.75, 3.05) is 25.0 Å². The monoisotopic (exact) mass is 279 g/mol. The molecule has 0 bridgehead atoms. The summed E-state index contributed by atoms with van der Waals surface area (Å²) < 4.78 is 5.61. The van der Waals surface area contributed by atoms with Crippen LogP contribution in [0.25, 0.3) is 0 Å². The fourth-order valence-electron chi connectivity index (χ4n) is 2.43. The zero-order chi connectivity index (χ0) is 14.7. The molecule has 2 rings (SSSR count). The number of ether oxygens (including phenoxy) is 1. The summed E-state index contributed by atoms with van der Waals surface area (Å²) in [7, 11) is 1.94. The van der Waals surface area contributed by atoms with E-state index in [0.717, 1.165) is 25.2 Å². The SMILES string of the molecule is CNC1CCN(c2cc(OC(C)C)cc([N+](=O)[O-])c2)C1. The Bertz CT molecular complexity index is 491. The zero-order valence-corrected chi connectivity index (χ0v) is 12.1. The van der Waals surface area contributed by atoms with Crippen LogP contribution in [0.2, 0.25) is 0 Å². The molecule has 0 aliphatic carbocycles. The fraction of sp³-hybridized carbons (Fsp3) is 0.571. The number of nitro groups is 1. The smallest absolute Gasteiger partial charge is 0.275 e. The number of benzene rings is 1. The topological polar surface area (TPSA) is 67.6 Å². The van der Waals surface area contributed by atoms with Crippen molar-refractivity contribution in [3.8, 4) is 5.75 Å². The summed E-state index contributed by atoms with van der Waals surface area (Å²) in [6.07, 6.45) is 1.04. The van der Waals surface area contributed by atoms with E-state index >= 15 is 0 Å². The lowest BCUT2D eigenvalue weighted by Crippen LogP contribution is -2.29. The van der Waals surface area contributed by atoms with Crippen LogP contribution in [0.15, 0.2) is 18.2 Å². The van der Waals surface area contributed by atoms with E-state index in [9.17, 15) is 10.1 Å². The van der Waals surface area contributed by atoms with Gasteiger partial charge in [-0.05, 0) is 27.3 Å². The van der Waals surface area contributed by atoms with Gasteiger partial charge in [0.2, 0.25) is 0 Å². The van der Waals surface area contributed by atoms with Gasteiger partial charge < -0.3 is 15.0 Å². The fourth-order valence-corrected chi connectivity index (χ4v) is 2.43. The van der Waals surface area contributed by atoms with E-state index in [2.05, 4.69) is 10.2 Å². The third kappa shape index (κ3) is 3.39. The summed E-state index contributed by atoms with van der Waals surface area (Å²) in [5, 5.41) is 14.3. The number of nitrogens with zero attached hydrogens (tertiary/aromatic N) is 2.